The van der Waals surface area contributed by atoms with Crippen molar-refractivity contribution in [1.82, 2.24) is 0 Å². The van der Waals surface area contributed by atoms with Crippen LogP contribution in [0.5, 0.6) is 11.5 Å². The lowest BCUT2D eigenvalue weighted by molar-refractivity contribution is -0.395. The minimum Gasteiger partial charge on any atom is -0.485 e. The topological polar surface area (TPSA) is 134 Å². The summed E-state index contributed by atoms with van der Waals surface area (Å²) < 4.78 is 10.3. The Kier molecular flexibility index (Phi) is 7.01. The monoisotopic (exact) mass is 429 g/mol. The van der Waals surface area contributed by atoms with E-state index in [1.165, 1.54) is 37.7 Å². The summed E-state index contributed by atoms with van der Waals surface area (Å²) in [5.74, 6) is -0.0124. The molecule has 1 fully saturated rings. The fourth-order valence-corrected chi connectivity index (χ4v) is 3.77. The molecule has 2 aromatic carbocycles. The number of benzene rings is 2. The fraction of sp³-hybridized carbons (Fsp3) is 0.381. The number of hydrogen-bond donors (Lipinski definition) is 1. The zero-order valence-corrected chi connectivity index (χ0v) is 17.0. The number of nitrogens with zero attached hydrogens (tertiary/aromatic N) is 2. The molecule has 0 spiro atoms. The molecule has 10 nitrogen and oxygen atoms in total. The molecule has 1 N–H and O–H groups in total. The van der Waals surface area contributed by atoms with E-state index in [0.29, 0.717) is 11.7 Å². The zero-order chi connectivity index (χ0) is 22.4. The standard InChI is InChI=1S/C21H23N3O7/c1-30-21-18(23(26)27)11-16(12-19(21)24(28)29)22-20(25)13-31-17-9-7-15(8-10-17)14-5-3-2-4-6-14/h7-12,14H,2-6,13H2,1H3,(H,22,25). The number of nitro groups is 2. The Morgan fingerprint density at radius 3 is 2.13 bits per heavy atom. The lowest BCUT2D eigenvalue weighted by Crippen LogP contribution is -2.20. The molecule has 0 atom stereocenters. The van der Waals surface area contributed by atoms with Crippen LogP contribution in [0.3, 0.4) is 0 Å². The smallest absolute Gasteiger partial charge is 0.320 e. The first-order chi connectivity index (χ1) is 14.9. The van der Waals surface area contributed by atoms with Gasteiger partial charge in [0.2, 0.25) is 0 Å². The first kappa shape index (κ1) is 22.0. The van der Waals surface area contributed by atoms with Gasteiger partial charge in [0, 0.05) is 12.1 Å². The second-order valence-corrected chi connectivity index (χ2v) is 7.30. The van der Waals surface area contributed by atoms with Crippen molar-refractivity contribution >= 4 is 23.0 Å². The highest BCUT2D eigenvalue weighted by molar-refractivity contribution is 5.93. The van der Waals surface area contributed by atoms with Gasteiger partial charge in [0.15, 0.2) is 6.61 Å². The van der Waals surface area contributed by atoms with Gasteiger partial charge in [0.25, 0.3) is 11.7 Å². The third-order valence-electron chi connectivity index (χ3n) is 5.26. The van der Waals surface area contributed by atoms with Crippen LogP contribution in [0.2, 0.25) is 0 Å². The van der Waals surface area contributed by atoms with Crippen LogP contribution in [0.1, 0.15) is 43.6 Å². The van der Waals surface area contributed by atoms with E-state index in [-0.39, 0.29) is 12.3 Å². The van der Waals surface area contributed by atoms with Gasteiger partial charge < -0.3 is 14.8 Å². The van der Waals surface area contributed by atoms with Crippen molar-refractivity contribution in [1.29, 1.82) is 0 Å². The SMILES string of the molecule is COc1c([N+](=O)[O-])cc(NC(=O)COc2ccc(C3CCCCC3)cc2)cc1[N+](=O)[O-]. The molecular formula is C21H23N3O7. The van der Waals surface area contributed by atoms with Gasteiger partial charge in [0.1, 0.15) is 5.75 Å². The summed E-state index contributed by atoms with van der Waals surface area (Å²) in [5.41, 5.74) is -0.0766. The Morgan fingerprint density at radius 2 is 1.61 bits per heavy atom. The van der Waals surface area contributed by atoms with Crippen molar-refractivity contribution in [3.63, 3.8) is 0 Å². The Labute approximate surface area is 178 Å². The summed E-state index contributed by atoms with van der Waals surface area (Å²) in [6.45, 7) is -0.351. The summed E-state index contributed by atoms with van der Waals surface area (Å²) in [6, 6.07) is 9.62. The summed E-state index contributed by atoms with van der Waals surface area (Å²) in [4.78, 5) is 33.0. The highest BCUT2D eigenvalue weighted by Gasteiger charge is 2.28. The van der Waals surface area contributed by atoms with Crippen LogP contribution in [0.15, 0.2) is 36.4 Å². The van der Waals surface area contributed by atoms with Crippen LogP contribution in [-0.4, -0.2) is 29.5 Å². The van der Waals surface area contributed by atoms with Crippen LogP contribution in [-0.2, 0) is 4.79 Å². The zero-order valence-electron chi connectivity index (χ0n) is 17.0. The molecule has 0 radical (unpaired) electrons. The van der Waals surface area contributed by atoms with Gasteiger partial charge in [-0.15, -0.1) is 0 Å². The van der Waals surface area contributed by atoms with Crippen molar-refractivity contribution in [2.24, 2.45) is 0 Å². The van der Waals surface area contributed by atoms with E-state index >= 15 is 0 Å². The average Bonchev–Trinajstić information content (AvgIpc) is 2.78. The van der Waals surface area contributed by atoms with Gasteiger partial charge in [-0.1, -0.05) is 31.4 Å². The normalized spacial score (nSPS) is 14.0. The third kappa shape index (κ3) is 5.47. The number of rotatable bonds is 8. The molecule has 0 aliphatic heterocycles. The highest BCUT2D eigenvalue weighted by atomic mass is 16.6. The van der Waals surface area contributed by atoms with E-state index in [1.54, 1.807) is 12.1 Å². The minimum absolute atomic E-state index is 0.0968. The molecular weight excluding hydrogens is 406 g/mol. The van der Waals surface area contributed by atoms with Gasteiger partial charge in [-0.3, -0.25) is 25.0 Å². The van der Waals surface area contributed by atoms with E-state index in [9.17, 15) is 25.0 Å². The second kappa shape index (κ2) is 9.88. The Bertz CT molecular complexity index is 934. The first-order valence-corrected chi connectivity index (χ1v) is 9.92. The van der Waals surface area contributed by atoms with Crippen molar-refractivity contribution in [2.75, 3.05) is 19.0 Å². The molecule has 10 heteroatoms. The summed E-state index contributed by atoms with van der Waals surface area (Å²) in [7, 11) is 1.10. The predicted molar refractivity (Wildman–Crippen MR) is 113 cm³/mol. The molecule has 2 aromatic rings. The number of carbonyl (C=O) groups excluding carboxylic acids is 1. The molecule has 0 unspecified atom stereocenters. The number of amides is 1. The van der Waals surface area contributed by atoms with E-state index < -0.39 is 32.9 Å². The number of nitrogens with one attached hydrogen (secondary N) is 1. The molecule has 1 saturated carbocycles. The molecule has 164 valence electrons. The highest BCUT2D eigenvalue weighted by Crippen LogP contribution is 2.39. The summed E-state index contributed by atoms with van der Waals surface area (Å²) >= 11 is 0. The molecule has 1 aliphatic rings. The second-order valence-electron chi connectivity index (χ2n) is 7.30. The average molecular weight is 429 g/mol. The Balaban J connectivity index is 1.64. The number of nitro benzene ring substituents is 2. The van der Waals surface area contributed by atoms with Crippen LogP contribution < -0.4 is 14.8 Å². The van der Waals surface area contributed by atoms with Gasteiger partial charge in [0.05, 0.1) is 22.6 Å². The van der Waals surface area contributed by atoms with E-state index in [0.717, 1.165) is 19.2 Å². The fourth-order valence-electron chi connectivity index (χ4n) is 3.77. The number of anilines is 1. The van der Waals surface area contributed by atoms with Crippen LogP contribution in [0, 0.1) is 20.2 Å². The van der Waals surface area contributed by atoms with Gasteiger partial charge in [-0.2, -0.15) is 0 Å². The maximum absolute atomic E-state index is 12.2. The maximum Gasteiger partial charge on any atom is 0.320 e. The summed E-state index contributed by atoms with van der Waals surface area (Å²) in [5, 5.41) is 24.8. The lowest BCUT2D eigenvalue weighted by Gasteiger charge is -2.22. The molecule has 1 amide bonds. The van der Waals surface area contributed by atoms with Gasteiger partial charge in [-0.05, 0) is 36.5 Å². The molecule has 3 rings (SSSR count). The minimum atomic E-state index is -0.814. The van der Waals surface area contributed by atoms with Crippen LogP contribution in [0.4, 0.5) is 17.1 Å². The van der Waals surface area contributed by atoms with Crippen molar-refractivity contribution in [2.45, 2.75) is 38.0 Å². The number of carbonyl (C=O) groups is 1. The molecule has 0 aromatic heterocycles. The number of ether oxygens (including phenoxy) is 2. The molecule has 31 heavy (non-hydrogen) atoms. The first-order valence-electron chi connectivity index (χ1n) is 9.92. The quantitative estimate of drug-likeness (QED) is 0.479. The Hall–Kier alpha value is -3.69. The predicted octanol–water partition coefficient (Wildman–Crippen LogP) is 4.58. The van der Waals surface area contributed by atoms with Crippen molar-refractivity contribution in [3.05, 3.63) is 62.2 Å². The van der Waals surface area contributed by atoms with Crippen LogP contribution in [0.25, 0.3) is 0 Å². The number of hydrogen-bond acceptors (Lipinski definition) is 7. The number of methoxy groups -OCH3 is 1. The third-order valence-corrected chi connectivity index (χ3v) is 5.26. The van der Waals surface area contributed by atoms with Gasteiger partial charge >= 0.3 is 11.4 Å². The van der Waals surface area contributed by atoms with Crippen molar-refractivity contribution < 1.29 is 24.1 Å². The molecule has 0 heterocycles. The summed E-state index contributed by atoms with van der Waals surface area (Å²) in [6.07, 6.45) is 6.13. The van der Waals surface area contributed by atoms with Crippen LogP contribution >= 0.6 is 0 Å². The maximum atomic E-state index is 12.2. The molecule has 0 saturated heterocycles. The van der Waals surface area contributed by atoms with E-state index in [2.05, 4.69) is 5.32 Å². The Morgan fingerprint density at radius 1 is 1.03 bits per heavy atom. The van der Waals surface area contributed by atoms with E-state index in [1.807, 2.05) is 12.1 Å². The largest absolute Gasteiger partial charge is 0.485 e. The molecule has 1 aliphatic carbocycles. The lowest BCUT2D eigenvalue weighted by atomic mass is 9.84. The van der Waals surface area contributed by atoms with E-state index in [4.69, 9.17) is 9.47 Å². The van der Waals surface area contributed by atoms with Crippen molar-refractivity contribution in [3.8, 4) is 11.5 Å². The van der Waals surface area contributed by atoms with Gasteiger partial charge in [-0.25, -0.2) is 0 Å². The molecule has 0 bridgehead atoms.